The maximum atomic E-state index is 11.8. The first-order chi connectivity index (χ1) is 9.46. The number of nitrogens with zero attached hydrogens (tertiary/aromatic N) is 1. The van der Waals surface area contributed by atoms with E-state index in [9.17, 15) is 4.79 Å². The fourth-order valence-corrected chi connectivity index (χ4v) is 2.61. The summed E-state index contributed by atoms with van der Waals surface area (Å²) in [6.07, 6.45) is 3.07. The number of likely N-dealkylation sites (tertiary alicyclic amines) is 1. The minimum atomic E-state index is -0.0926. The van der Waals surface area contributed by atoms with E-state index in [0.29, 0.717) is 18.9 Å². The van der Waals surface area contributed by atoms with Crippen LogP contribution in [0.5, 0.6) is 0 Å². The number of hydrogen-bond acceptors (Lipinski definition) is 3. The van der Waals surface area contributed by atoms with Crippen LogP contribution in [0.2, 0.25) is 0 Å². The minimum absolute atomic E-state index is 0.0582. The molecule has 1 aliphatic rings. The van der Waals surface area contributed by atoms with Crippen molar-refractivity contribution in [3.63, 3.8) is 0 Å². The van der Waals surface area contributed by atoms with Crippen molar-refractivity contribution in [2.45, 2.75) is 40.0 Å². The largest absolute Gasteiger partial charge is 0.396 e. The van der Waals surface area contributed by atoms with Crippen molar-refractivity contribution in [3.8, 4) is 0 Å². The average molecular weight is 285 g/mol. The number of aliphatic hydroxyl groups excluding tert-OH is 1. The maximum Gasteiger partial charge on any atom is 0.314 e. The summed E-state index contributed by atoms with van der Waals surface area (Å²) in [4.78, 5) is 14.2. The van der Waals surface area contributed by atoms with Gasteiger partial charge in [0.25, 0.3) is 0 Å². The normalized spacial score (nSPS) is 20.1. The summed E-state index contributed by atoms with van der Waals surface area (Å²) in [5.41, 5.74) is -0.0582. The van der Waals surface area contributed by atoms with Gasteiger partial charge in [-0.3, -0.25) is 0 Å². The number of carbonyl (C=O) groups excluding carboxylic acids is 1. The van der Waals surface area contributed by atoms with Crippen LogP contribution in [0.15, 0.2) is 0 Å². The number of rotatable bonds is 8. The molecule has 1 aliphatic heterocycles. The van der Waals surface area contributed by atoms with Crippen molar-refractivity contribution in [3.05, 3.63) is 0 Å². The van der Waals surface area contributed by atoms with E-state index in [1.165, 1.54) is 12.8 Å². The second kappa shape index (κ2) is 8.47. The second-order valence-corrected chi connectivity index (χ2v) is 6.66. The molecule has 0 radical (unpaired) electrons. The fraction of sp³-hybridized carbons (Fsp3) is 0.933. The summed E-state index contributed by atoms with van der Waals surface area (Å²) in [6.45, 7) is 11.2. The molecular formula is C15H31N3O2. The summed E-state index contributed by atoms with van der Waals surface area (Å²) in [6, 6.07) is -0.0926. The molecule has 1 atom stereocenters. The molecule has 118 valence electrons. The Kier molecular flexibility index (Phi) is 7.30. The Balaban J connectivity index is 2.14. The highest BCUT2D eigenvalue weighted by Gasteiger charge is 2.22. The Hall–Kier alpha value is -0.810. The van der Waals surface area contributed by atoms with Crippen LogP contribution in [-0.4, -0.2) is 55.4 Å². The van der Waals surface area contributed by atoms with E-state index in [-0.39, 0.29) is 18.1 Å². The molecule has 0 saturated carbocycles. The van der Waals surface area contributed by atoms with Crippen LogP contribution in [0.25, 0.3) is 0 Å². The number of urea groups is 1. The first-order valence-electron chi connectivity index (χ1n) is 7.82. The van der Waals surface area contributed by atoms with Gasteiger partial charge in [-0.25, -0.2) is 4.79 Å². The molecule has 5 heteroatoms. The van der Waals surface area contributed by atoms with Crippen molar-refractivity contribution in [1.82, 2.24) is 15.5 Å². The summed E-state index contributed by atoms with van der Waals surface area (Å²) >= 11 is 0. The molecule has 20 heavy (non-hydrogen) atoms. The average Bonchev–Trinajstić information content (AvgIpc) is 2.82. The predicted octanol–water partition coefficient (Wildman–Crippen LogP) is 1.43. The van der Waals surface area contributed by atoms with E-state index in [4.69, 9.17) is 5.11 Å². The third kappa shape index (κ3) is 6.57. The quantitative estimate of drug-likeness (QED) is 0.632. The van der Waals surface area contributed by atoms with Crippen LogP contribution >= 0.6 is 0 Å². The Morgan fingerprint density at radius 1 is 1.40 bits per heavy atom. The Morgan fingerprint density at radius 2 is 2.15 bits per heavy atom. The van der Waals surface area contributed by atoms with Gasteiger partial charge in [0.2, 0.25) is 0 Å². The van der Waals surface area contributed by atoms with E-state index < -0.39 is 0 Å². The molecule has 0 aromatic heterocycles. The SMILES string of the molecule is CCCN1CCC(CNC(=O)NCC(C)(C)CCO)C1. The third-order valence-corrected chi connectivity index (χ3v) is 3.98. The van der Waals surface area contributed by atoms with E-state index in [0.717, 1.165) is 26.2 Å². The van der Waals surface area contributed by atoms with Gasteiger partial charge in [0.15, 0.2) is 0 Å². The van der Waals surface area contributed by atoms with Gasteiger partial charge in [0.05, 0.1) is 0 Å². The Bertz CT molecular complexity index is 295. The molecule has 1 saturated heterocycles. The van der Waals surface area contributed by atoms with Gasteiger partial charge in [-0.2, -0.15) is 0 Å². The maximum absolute atomic E-state index is 11.8. The van der Waals surface area contributed by atoms with Gasteiger partial charge < -0.3 is 20.6 Å². The van der Waals surface area contributed by atoms with E-state index >= 15 is 0 Å². The van der Waals surface area contributed by atoms with Crippen molar-refractivity contribution >= 4 is 6.03 Å². The minimum Gasteiger partial charge on any atom is -0.396 e. The molecule has 1 fully saturated rings. The highest BCUT2D eigenvalue weighted by molar-refractivity contribution is 5.73. The van der Waals surface area contributed by atoms with Gasteiger partial charge in [-0.05, 0) is 43.7 Å². The van der Waals surface area contributed by atoms with Crippen molar-refractivity contribution in [2.75, 3.05) is 39.3 Å². The lowest BCUT2D eigenvalue weighted by atomic mass is 9.90. The number of aliphatic hydroxyl groups is 1. The van der Waals surface area contributed by atoms with Gasteiger partial charge in [-0.1, -0.05) is 20.8 Å². The van der Waals surface area contributed by atoms with E-state index in [1.807, 2.05) is 13.8 Å². The monoisotopic (exact) mass is 285 g/mol. The predicted molar refractivity (Wildman–Crippen MR) is 81.7 cm³/mol. The van der Waals surface area contributed by atoms with Crippen LogP contribution < -0.4 is 10.6 Å². The lowest BCUT2D eigenvalue weighted by Crippen LogP contribution is -2.42. The standard InChI is InChI=1S/C15H31N3O2/c1-4-7-18-8-5-13(11-18)10-16-14(20)17-12-15(2,3)6-9-19/h13,19H,4-12H2,1-3H3,(H2,16,17,20). The lowest BCUT2D eigenvalue weighted by molar-refractivity contribution is 0.201. The van der Waals surface area contributed by atoms with Crippen LogP contribution in [0, 0.1) is 11.3 Å². The molecule has 0 aromatic rings. The van der Waals surface area contributed by atoms with E-state index in [1.54, 1.807) is 0 Å². The topological polar surface area (TPSA) is 64.6 Å². The van der Waals surface area contributed by atoms with Crippen LogP contribution in [0.4, 0.5) is 4.79 Å². The number of hydrogen-bond donors (Lipinski definition) is 3. The summed E-state index contributed by atoms with van der Waals surface area (Å²) in [5, 5.41) is 14.8. The molecule has 0 aromatic carbocycles. The third-order valence-electron chi connectivity index (χ3n) is 3.98. The molecule has 3 N–H and O–H groups in total. The highest BCUT2D eigenvalue weighted by atomic mass is 16.3. The first kappa shape index (κ1) is 17.2. The van der Waals surface area contributed by atoms with Crippen molar-refractivity contribution < 1.29 is 9.90 Å². The zero-order valence-corrected chi connectivity index (χ0v) is 13.2. The summed E-state index contributed by atoms with van der Waals surface area (Å²) in [5.74, 6) is 0.581. The van der Waals surface area contributed by atoms with Crippen LogP contribution in [-0.2, 0) is 0 Å². The number of nitrogens with one attached hydrogen (secondary N) is 2. The zero-order valence-electron chi connectivity index (χ0n) is 13.2. The van der Waals surface area contributed by atoms with Gasteiger partial charge in [0.1, 0.15) is 0 Å². The first-order valence-corrected chi connectivity index (χ1v) is 7.82. The molecule has 0 bridgehead atoms. The molecule has 0 aliphatic carbocycles. The van der Waals surface area contributed by atoms with E-state index in [2.05, 4.69) is 22.5 Å². The van der Waals surface area contributed by atoms with Crippen LogP contribution in [0.3, 0.4) is 0 Å². The molecule has 1 rings (SSSR count). The molecule has 5 nitrogen and oxygen atoms in total. The van der Waals surface area contributed by atoms with Gasteiger partial charge in [-0.15, -0.1) is 0 Å². The molecule has 1 heterocycles. The lowest BCUT2D eigenvalue weighted by Gasteiger charge is -2.24. The zero-order chi connectivity index (χ0) is 15.0. The molecule has 1 unspecified atom stereocenters. The van der Waals surface area contributed by atoms with Crippen molar-refractivity contribution in [2.24, 2.45) is 11.3 Å². The molecule has 2 amide bonds. The smallest absolute Gasteiger partial charge is 0.314 e. The van der Waals surface area contributed by atoms with Crippen LogP contribution in [0.1, 0.15) is 40.0 Å². The van der Waals surface area contributed by atoms with Gasteiger partial charge in [0, 0.05) is 26.2 Å². The van der Waals surface area contributed by atoms with Crippen molar-refractivity contribution in [1.29, 1.82) is 0 Å². The number of amides is 2. The fourth-order valence-electron chi connectivity index (χ4n) is 2.61. The highest BCUT2D eigenvalue weighted by Crippen LogP contribution is 2.18. The van der Waals surface area contributed by atoms with Gasteiger partial charge >= 0.3 is 6.03 Å². The molecule has 0 spiro atoms. The Morgan fingerprint density at radius 3 is 2.80 bits per heavy atom. The summed E-state index contributed by atoms with van der Waals surface area (Å²) < 4.78 is 0. The second-order valence-electron chi connectivity index (χ2n) is 6.66. The number of carbonyl (C=O) groups is 1. The molecular weight excluding hydrogens is 254 g/mol. The summed E-state index contributed by atoms with van der Waals surface area (Å²) in [7, 11) is 0. The Labute approximate surface area is 123 Å².